The minimum Gasteiger partial charge on any atom is -0.484 e. The van der Waals surface area contributed by atoms with Crippen LogP contribution in [0.5, 0.6) is 5.75 Å². The predicted octanol–water partition coefficient (Wildman–Crippen LogP) is 2.34. The summed E-state index contributed by atoms with van der Waals surface area (Å²) in [5.74, 6) is -1.39. The third-order valence-corrected chi connectivity index (χ3v) is 3.71. The highest BCUT2D eigenvalue weighted by Crippen LogP contribution is 2.15. The molecule has 0 saturated heterocycles. The Morgan fingerprint density at radius 1 is 0.926 bits per heavy atom. The first kappa shape index (κ1) is 20.3. The molecule has 0 aliphatic rings. The molecule has 8 heteroatoms. The molecule has 0 bridgehead atoms. The number of amides is 2. The van der Waals surface area contributed by atoms with E-state index in [1.165, 1.54) is 0 Å². The minimum atomic E-state index is -0.673. The molecule has 0 unspecified atom stereocenters. The fourth-order valence-corrected chi connectivity index (χ4v) is 2.27. The highest BCUT2D eigenvalue weighted by Gasteiger charge is 2.13. The van der Waals surface area contributed by atoms with E-state index in [1.54, 1.807) is 43.3 Å². The van der Waals surface area contributed by atoms with Gasteiger partial charge in [-0.1, -0.05) is 29.3 Å². The van der Waals surface area contributed by atoms with Crippen LogP contribution in [0.25, 0.3) is 0 Å². The average Bonchev–Trinajstić information content (AvgIpc) is 2.64. The Morgan fingerprint density at radius 3 is 2.19 bits per heavy atom. The Bertz CT molecular complexity index is 836. The van der Waals surface area contributed by atoms with Crippen LogP contribution in [0.1, 0.15) is 21.5 Å². The third kappa shape index (κ3) is 6.63. The molecule has 2 amide bonds. The summed E-state index contributed by atoms with van der Waals surface area (Å²) in [5.41, 5.74) is 6.47. The van der Waals surface area contributed by atoms with Crippen LogP contribution in [0.15, 0.2) is 42.5 Å². The van der Waals surface area contributed by atoms with Crippen molar-refractivity contribution in [1.82, 2.24) is 10.9 Å². The Kier molecular flexibility index (Phi) is 7.19. The van der Waals surface area contributed by atoms with E-state index in [-0.39, 0.29) is 6.61 Å². The zero-order chi connectivity index (χ0) is 19.8. The van der Waals surface area contributed by atoms with Crippen LogP contribution >= 0.6 is 11.6 Å². The average molecular weight is 391 g/mol. The molecule has 142 valence electrons. The van der Waals surface area contributed by atoms with E-state index < -0.39 is 24.4 Å². The fourth-order valence-electron chi connectivity index (χ4n) is 2.14. The topological polar surface area (TPSA) is 93.7 Å². The summed E-state index contributed by atoms with van der Waals surface area (Å²) in [5, 5.41) is 0.550. The number of hydrazine groups is 1. The van der Waals surface area contributed by atoms with Gasteiger partial charge in [-0.2, -0.15) is 0 Å². The van der Waals surface area contributed by atoms with Gasteiger partial charge in [-0.05, 0) is 49.7 Å². The van der Waals surface area contributed by atoms with E-state index in [0.717, 1.165) is 11.1 Å². The molecule has 0 radical (unpaired) electrons. The first-order chi connectivity index (χ1) is 12.8. The quantitative estimate of drug-likeness (QED) is 0.583. The molecule has 0 aliphatic heterocycles. The smallest absolute Gasteiger partial charge is 0.338 e. The Labute approximate surface area is 161 Å². The van der Waals surface area contributed by atoms with E-state index in [1.807, 2.05) is 13.0 Å². The number of aryl methyl sites for hydroxylation is 2. The first-order valence-corrected chi connectivity index (χ1v) is 8.43. The monoisotopic (exact) mass is 390 g/mol. The van der Waals surface area contributed by atoms with E-state index in [9.17, 15) is 14.4 Å². The number of carbonyl (C=O) groups excluding carboxylic acids is 3. The summed E-state index contributed by atoms with van der Waals surface area (Å²) in [6, 6.07) is 11.7. The molecular weight excluding hydrogens is 372 g/mol. The number of hydrogen-bond donors (Lipinski definition) is 2. The first-order valence-electron chi connectivity index (χ1n) is 8.05. The fraction of sp³-hybridized carbons (Fsp3) is 0.211. The zero-order valence-corrected chi connectivity index (χ0v) is 15.6. The van der Waals surface area contributed by atoms with E-state index in [4.69, 9.17) is 21.1 Å². The lowest BCUT2D eigenvalue weighted by molar-refractivity contribution is -0.131. The molecule has 0 aromatic heterocycles. The largest absolute Gasteiger partial charge is 0.484 e. The van der Waals surface area contributed by atoms with E-state index in [0.29, 0.717) is 16.3 Å². The van der Waals surface area contributed by atoms with Gasteiger partial charge < -0.3 is 9.47 Å². The van der Waals surface area contributed by atoms with Crippen LogP contribution in [0.2, 0.25) is 5.02 Å². The normalized spacial score (nSPS) is 10.0. The molecule has 0 atom stereocenters. The number of carbonyl (C=O) groups is 3. The summed E-state index contributed by atoms with van der Waals surface area (Å²) in [6.07, 6.45) is 0. The van der Waals surface area contributed by atoms with Gasteiger partial charge in [0.2, 0.25) is 0 Å². The van der Waals surface area contributed by atoms with Crippen molar-refractivity contribution in [3.8, 4) is 5.75 Å². The van der Waals surface area contributed by atoms with Crippen LogP contribution in [0, 0.1) is 13.8 Å². The lowest BCUT2D eigenvalue weighted by Crippen LogP contribution is -2.45. The second-order valence-corrected chi connectivity index (χ2v) is 6.17. The van der Waals surface area contributed by atoms with Crippen molar-refractivity contribution in [1.29, 1.82) is 0 Å². The molecule has 0 spiro atoms. The predicted molar refractivity (Wildman–Crippen MR) is 99.4 cm³/mol. The standard InChI is InChI=1S/C19H19ClN2O5/c1-12-3-8-16(13(2)9-12)19(25)27-11-18(24)22-21-17(23)10-26-15-6-4-14(20)5-7-15/h3-9H,10-11H2,1-2H3,(H,21,23)(H,22,24). The van der Waals surface area contributed by atoms with Crippen molar-refractivity contribution >= 4 is 29.4 Å². The molecule has 27 heavy (non-hydrogen) atoms. The number of ether oxygens (including phenoxy) is 2. The molecule has 2 N–H and O–H groups in total. The van der Waals surface area contributed by atoms with Gasteiger partial charge >= 0.3 is 5.97 Å². The van der Waals surface area contributed by atoms with Crippen LogP contribution in [-0.2, 0) is 14.3 Å². The minimum absolute atomic E-state index is 0.301. The van der Waals surface area contributed by atoms with Gasteiger partial charge in [0.15, 0.2) is 13.2 Å². The van der Waals surface area contributed by atoms with Gasteiger partial charge in [-0.3, -0.25) is 20.4 Å². The van der Waals surface area contributed by atoms with Crippen molar-refractivity contribution in [2.75, 3.05) is 13.2 Å². The molecule has 0 aliphatic carbocycles. The maximum absolute atomic E-state index is 12.0. The Morgan fingerprint density at radius 2 is 1.56 bits per heavy atom. The SMILES string of the molecule is Cc1ccc(C(=O)OCC(=O)NNC(=O)COc2ccc(Cl)cc2)c(C)c1. The second-order valence-electron chi connectivity index (χ2n) is 5.73. The van der Waals surface area contributed by atoms with Crippen molar-refractivity contribution in [3.63, 3.8) is 0 Å². The number of esters is 1. The van der Waals surface area contributed by atoms with Gasteiger partial charge in [0.1, 0.15) is 5.75 Å². The summed E-state index contributed by atoms with van der Waals surface area (Å²) in [7, 11) is 0. The van der Waals surface area contributed by atoms with Crippen LogP contribution in [0.3, 0.4) is 0 Å². The van der Waals surface area contributed by atoms with Crippen LogP contribution in [-0.4, -0.2) is 31.0 Å². The number of hydrogen-bond acceptors (Lipinski definition) is 5. The molecular formula is C19H19ClN2O5. The van der Waals surface area contributed by atoms with Gasteiger partial charge in [-0.25, -0.2) is 4.79 Å². The van der Waals surface area contributed by atoms with Crippen molar-refractivity contribution in [3.05, 3.63) is 64.2 Å². The Balaban J connectivity index is 1.70. The summed E-state index contributed by atoms with van der Waals surface area (Å²) in [4.78, 5) is 35.3. The highest BCUT2D eigenvalue weighted by atomic mass is 35.5. The van der Waals surface area contributed by atoms with Gasteiger partial charge in [-0.15, -0.1) is 0 Å². The maximum Gasteiger partial charge on any atom is 0.338 e. The molecule has 2 rings (SSSR count). The number of benzene rings is 2. The summed E-state index contributed by atoms with van der Waals surface area (Å²) in [6.45, 7) is 2.87. The summed E-state index contributed by atoms with van der Waals surface area (Å²) < 4.78 is 10.2. The van der Waals surface area contributed by atoms with Crippen molar-refractivity contribution < 1.29 is 23.9 Å². The molecule has 2 aromatic rings. The van der Waals surface area contributed by atoms with Crippen LogP contribution < -0.4 is 15.6 Å². The second kappa shape index (κ2) is 9.59. The lowest BCUT2D eigenvalue weighted by Gasteiger charge is -2.10. The molecule has 0 saturated carbocycles. The summed E-state index contributed by atoms with van der Waals surface area (Å²) >= 11 is 5.75. The zero-order valence-electron chi connectivity index (χ0n) is 14.9. The van der Waals surface area contributed by atoms with Gasteiger partial charge in [0.05, 0.1) is 5.56 Å². The van der Waals surface area contributed by atoms with Gasteiger partial charge in [0.25, 0.3) is 11.8 Å². The third-order valence-electron chi connectivity index (χ3n) is 3.46. The van der Waals surface area contributed by atoms with E-state index >= 15 is 0 Å². The number of halogens is 1. The number of nitrogens with one attached hydrogen (secondary N) is 2. The van der Waals surface area contributed by atoms with Crippen molar-refractivity contribution in [2.24, 2.45) is 0 Å². The molecule has 2 aromatic carbocycles. The van der Waals surface area contributed by atoms with Gasteiger partial charge in [0, 0.05) is 5.02 Å². The molecule has 0 heterocycles. The Hall–Kier alpha value is -3.06. The maximum atomic E-state index is 12.0. The molecule has 0 fully saturated rings. The lowest BCUT2D eigenvalue weighted by atomic mass is 10.1. The van der Waals surface area contributed by atoms with Crippen molar-refractivity contribution in [2.45, 2.75) is 13.8 Å². The molecule has 7 nitrogen and oxygen atoms in total. The number of rotatable bonds is 6. The van der Waals surface area contributed by atoms with E-state index in [2.05, 4.69) is 10.9 Å². The van der Waals surface area contributed by atoms with Crippen LogP contribution in [0.4, 0.5) is 0 Å². The highest BCUT2D eigenvalue weighted by molar-refractivity contribution is 6.30.